The molecule has 1 atom stereocenters. The Labute approximate surface area is 197 Å². The van der Waals surface area contributed by atoms with Crippen LogP contribution in [-0.4, -0.2) is 51.2 Å². The first-order valence-corrected chi connectivity index (χ1v) is 11.2. The number of likely N-dealkylation sites (tertiary alicyclic amines) is 1. The highest BCUT2D eigenvalue weighted by Crippen LogP contribution is 2.27. The summed E-state index contributed by atoms with van der Waals surface area (Å²) in [5.74, 6) is 1.06. The molecule has 1 amide bonds. The number of aromatic amines is 1. The maximum absolute atomic E-state index is 12.5. The number of ether oxygens (including phenoxy) is 2. The number of carbonyl (C=O) groups is 2. The van der Waals surface area contributed by atoms with E-state index in [1.807, 2.05) is 12.1 Å². The molecule has 1 unspecified atom stereocenters. The molecule has 0 aliphatic carbocycles. The maximum Gasteiger partial charge on any atom is 0.415 e. The van der Waals surface area contributed by atoms with E-state index in [-0.39, 0.29) is 23.9 Å². The highest BCUT2D eigenvalue weighted by molar-refractivity contribution is 7.80. The normalized spacial score (nSPS) is 15.1. The van der Waals surface area contributed by atoms with Crippen LogP contribution < -0.4 is 9.47 Å². The van der Waals surface area contributed by atoms with Gasteiger partial charge in [0.1, 0.15) is 23.4 Å². The standard InChI is InChI=1S/C24H25N3O5S/c28-21(29)15-16-1-5-18(6-2-16)31-20-9-13-27(14-10-20)24(30)32-19-7-3-17(4-8-19)22(33)23-25-11-12-26-23/h1-8,11-12,20,22,33H,9-10,13-15H2,(H,25,26)(H,28,29). The smallest absolute Gasteiger partial charge is 0.415 e. The molecule has 0 saturated carbocycles. The summed E-state index contributed by atoms with van der Waals surface area (Å²) in [6, 6.07) is 14.3. The SMILES string of the molecule is O=C(O)Cc1ccc(OC2CCN(C(=O)Oc3ccc(C(S)c4ncc[nH]4)cc3)CC2)cc1. The minimum atomic E-state index is -0.862. The van der Waals surface area contributed by atoms with Crippen molar-refractivity contribution in [3.63, 3.8) is 0 Å². The Morgan fingerprint density at radius 2 is 1.76 bits per heavy atom. The van der Waals surface area contributed by atoms with Crippen LogP contribution in [0.15, 0.2) is 60.9 Å². The highest BCUT2D eigenvalue weighted by Gasteiger charge is 2.25. The Morgan fingerprint density at radius 3 is 2.36 bits per heavy atom. The van der Waals surface area contributed by atoms with E-state index in [0.717, 1.165) is 17.0 Å². The Kier molecular flexibility index (Phi) is 7.19. The van der Waals surface area contributed by atoms with Gasteiger partial charge in [0, 0.05) is 38.3 Å². The lowest BCUT2D eigenvalue weighted by Gasteiger charge is -2.31. The van der Waals surface area contributed by atoms with E-state index in [4.69, 9.17) is 14.6 Å². The molecule has 2 heterocycles. The summed E-state index contributed by atoms with van der Waals surface area (Å²) >= 11 is 4.58. The number of benzene rings is 2. The predicted octanol–water partition coefficient (Wildman–Crippen LogP) is 4.10. The number of nitrogens with one attached hydrogen (secondary N) is 1. The maximum atomic E-state index is 12.5. The minimum Gasteiger partial charge on any atom is -0.490 e. The molecule has 0 spiro atoms. The number of rotatable bonds is 7. The molecule has 0 bridgehead atoms. The van der Waals surface area contributed by atoms with Crippen LogP contribution in [0.25, 0.3) is 0 Å². The van der Waals surface area contributed by atoms with Gasteiger partial charge in [-0.2, -0.15) is 12.6 Å². The number of hydrogen-bond acceptors (Lipinski definition) is 6. The minimum absolute atomic E-state index is 0.00687. The molecule has 33 heavy (non-hydrogen) atoms. The van der Waals surface area contributed by atoms with Crippen molar-refractivity contribution in [1.82, 2.24) is 14.9 Å². The zero-order valence-electron chi connectivity index (χ0n) is 17.9. The molecule has 1 saturated heterocycles. The van der Waals surface area contributed by atoms with Gasteiger partial charge in [-0.3, -0.25) is 4.79 Å². The zero-order chi connectivity index (χ0) is 23.2. The lowest BCUT2D eigenvalue weighted by Crippen LogP contribution is -2.43. The molecule has 9 heteroatoms. The molecule has 1 fully saturated rings. The number of H-pyrrole nitrogens is 1. The number of amides is 1. The first-order chi connectivity index (χ1) is 16.0. The van der Waals surface area contributed by atoms with Crippen molar-refractivity contribution < 1.29 is 24.2 Å². The van der Waals surface area contributed by atoms with Crippen molar-refractivity contribution in [3.05, 3.63) is 77.9 Å². The van der Waals surface area contributed by atoms with Crippen molar-refractivity contribution in [2.45, 2.75) is 30.6 Å². The molecule has 0 radical (unpaired) electrons. The summed E-state index contributed by atoms with van der Waals surface area (Å²) in [4.78, 5) is 32.3. The van der Waals surface area contributed by atoms with Crippen molar-refractivity contribution >= 4 is 24.7 Å². The number of aliphatic carboxylic acids is 1. The van der Waals surface area contributed by atoms with Gasteiger partial charge in [-0.15, -0.1) is 0 Å². The first kappa shape index (κ1) is 22.7. The number of carboxylic acid groups (broad SMARTS) is 1. The van der Waals surface area contributed by atoms with E-state index in [9.17, 15) is 9.59 Å². The van der Waals surface area contributed by atoms with Crippen LogP contribution >= 0.6 is 12.6 Å². The van der Waals surface area contributed by atoms with Crippen LogP contribution in [0, 0.1) is 0 Å². The van der Waals surface area contributed by atoms with Crippen molar-refractivity contribution in [3.8, 4) is 11.5 Å². The number of hydrogen-bond donors (Lipinski definition) is 3. The van der Waals surface area contributed by atoms with Gasteiger partial charge < -0.3 is 24.5 Å². The van der Waals surface area contributed by atoms with Gasteiger partial charge in [0.05, 0.1) is 11.7 Å². The molecule has 3 aromatic rings. The second-order valence-corrected chi connectivity index (χ2v) is 8.35. The summed E-state index contributed by atoms with van der Waals surface area (Å²) < 4.78 is 11.5. The lowest BCUT2D eigenvalue weighted by molar-refractivity contribution is -0.136. The van der Waals surface area contributed by atoms with Crippen molar-refractivity contribution in [2.75, 3.05) is 13.1 Å². The third-order valence-corrected chi connectivity index (χ3v) is 6.00. The number of carboxylic acids is 1. The van der Waals surface area contributed by atoms with Gasteiger partial charge in [-0.25, -0.2) is 9.78 Å². The fraction of sp³-hybridized carbons (Fsp3) is 0.292. The number of nitrogens with zero attached hydrogens (tertiary/aromatic N) is 2. The Hall–Kier alpha value is -3.46. The number of imidazole rings is 1. The van der Waals surface area contributed by atoms with E-state index < -0.39 is 5.97 Å². The largest absolute Gasteiger partial charge is 0.490 e. The molecule has 2 N–H and O–H groups in total. The Bertz CT molecular complexity index is 1060. The van der Waals surface area contributed by atoms with E-state index in [1.165, 1.54) is 0 Å². The van der Waals surface area contributed by atoms with Crippen molar-refractivity contribution in [2.24, 2.45) is 0 Å². The molecule has 8 nitrogen and oxygen atoms in total. The summed E-state index contributed by atoms with van der Waals surface area (Å²) in [5.41, 5.74) is 1.67. The number of piperidine rings is 1. The lowest BCUT2D eigenvalue weighted by atomic mass is 10.1. The van der Waals surface area contributed by atoms with Crippen LogP contribution in [-0.2, 0) is 11.2 Å². The molecular formula is C24H25N3O5S. The van der Waals surface area contributed by atoms with Crippen LogP contribution in [0.1, 0.15) is 35.0 Å². The fourth-order valence-electron chi connectivity index (χ4n) is 3.68. The van der Waals surface area contributed by atoms with Crippen LogP contribution in [0.5, 0.6) is 11.5 Å². The monoisotopic (exact) mass is 467 g/mol. The van der Waals surface area contributed by atoms with Crippen LogP contribution in [0.4, 0.5) is 4.79 Å². The molecule has 4 rings (SSSR count). The van der Waals surface area contributed by atoms with Crippen molar-refractivity contribution in [1.29, 1.82) is 0 Å². The third-order valence-electron chi connectivity index (χ3n) is 5.46. The quantitative estimate of drug-likeness (QED) is 0.452. The van der Waals surface area contributed by atoms with Crippen LogP contribution in [0.3, 0.4) is 0 Å². The van der Waals surface area contributed by atoms with E-state index >= 15 is 0 Å². The van der Waals surface area contributed by atoms with E-state index in [2.05, 4.69) is 22.6 Å². The number of thiol groups is 1. The Balaban J connectivity index is 1.24. The predicted molar refractivity (Wildman–Crippen MR) is 125 cm³/mol. The van der Waals surface area contributed by atoms with Gasteiger partial charge in [0.15, 0.2) is 0 Å². The summed E-state index contributed by atoms with van der Waals surface area (Å²) in [6.45, 7) is 1.08. The van der Waals surface area contributed by atoms with E-state index in [1.54, 1.807) is 53.7 Å². The van der Waals surface area contributed by atoms with E-state index in [0.29, 0.717) is 37.4 Å². The summed E-state index contributed by atoms with van der Waals surface area (Å²) in [6.07, 6.45) is 4.41. The summed E-state index contributed by atoms with van der Waals surface area (Å²) in [5, 5.41) is 8.67. The third kappa shape index (κ3) is 6.07. The average molecular weight is 468 g/mol. The van der Waals surface area contributed by atoms with Gasteiger partial charge in [-0.05, 0) is 35.4 Å². The molecular weight excluding hydrogens is 442 g/mol. The highest BCUT2D eigenvalue weighted by atomic mass is 32.1. The topological polar surface area (TPSA) is 105 Å². The average Bonchev–Trinajstić information content (AvgIpc) is 3.36. The zero-order valence-corrected chi connectivity index (χ0v) is 18.8. The summed E-state index contributed by atoms with van der Waals surface area (Å²) in [7, 11) is 0. The molecule has 1 aromatic heterocycles. The van der Waals surface area contributed by atoms with Gasteiger partial charge in [0.2, 0.25) is 0 Å². The molecule has 1 aliphatic rings. The van der Waals surface area contributed by atoms with Gasteiger partial charge in [0.25, 0.3) is 0 Å². The number of aromatic nitrogens is 2. The van der Waals surface area contributed by atoms with Crippen LogP contribution in [0.2, 0.25) is 0 Å². The number of carbonyl (C=O) groups excluding carboxylic acids is 1. The molecule has 1 aliphatic heterocycles. The molecule has 172 valence electrons. The Morgan fingerprint density at radius 1 is 1.09 bits per heavy atom. The second kappa shape index (κ2) is 10.4. The first-order valence-electron chi connectivity index (χ1n) is 10.7. The fourth-order valence-corrected chi connectivity index (χ4v) is 3.99. The van der Waals surface area contributed by atoms with Gasteiger partial charge in [-0.1, -0.05) is 24.3 Å². The van der Waals surface area contributed by atoms with Gasteiger partial charge >= 0.3 is 12.1 Å². The second-order valence-electron chi connectivity index (χ2n) is 7.83. The molecule has 2 aromatic carbocycles.